The van der Waals surface area contributed by atoms with E-state index in [-0.39, 0.29) is 11.4 Å². The third kappa shape index (κ3) is 4.99. The minimum Gasteiger partial charge on any atom is -0.495 e. The molecule has 0 radical (unpaired) electrons. The molecule has 1 saturated heterocycles. The highest BCUT2D eigenvalue weighted by atomic mass is 127. The SMILES string of the molecule is COc1c(I)cc(I)cc1/C=C1/SC(=O)N(CC(=O)Nc2c(C)cccc2C)C1=O. The molecule has 1 heterocycles. The molecule has 1 fully saturated rings. The van der Waals surface area contributed by atoms with E-state index in [9.17, 15) is 14.4 Å². The molecular formula is C21H18I2N2O4S. The number of hydrogen-bond donors (Lipinski definition) is 1. The predicted octanol–water partition coefficient (Wildman–Crippen LogP) is 5.20. The molecule has 2 aromatic rings. The lowest BCUT2D eigenvalue weighted by molar-refractivity contribution is -0.127. The van der Waals surface area contributed by atoms with Crippen LogP contribution in [0.4, 0.5) is 10.5 Å². The van der Waals surface area contributed by atoms with Crippen LogP contribution in [0, 0.1) is 21.0 Å². The maximum atomic E-state index is 12.8. The third-order valence-electron chi connectivity index (χ3n) is 4.45. The number of amides is 3. The van der Waals surface area contributed by atoms with E-state index in [1.165, 1.54) is 0 Å². The predicted molar refractivity (Wildman–Crippen MR) is 136 cm³/mol. The Balaban J connectivity index is 1.80. The molecule has 9 heteroatoms. The first-order valence-corrected chi connectivity index (χ1v) is 11.8. The van der Waals surface area contributed by atoms with Crippen molar-refractivity contribution in [2.75, 3.05) is 19.0 Å². The second-order valence-electron chi connectivity index (χ2n) is 6.59. The van der Waals surface area contributed by atoms with E-state index in [1.54, 1.807) is 13.2 Å². The van der Waals surface area contributed by atoms with Crippen molar-refractivity contribution < 1.29 is 19.1 Å². The van der Waals surface area contributed by atoms with E-state index in [2.05, 4.69) is 50.5 Å². The van der Waals surface area contributed by atoms with Crippen molar-refractivity contribution in [2.45, 2.75) is 13.8 Å². The van der Waals surface area contributed by atoms with Crippen molar-refractivity contribution in [3.63, 3.8) is 0 Å². The largest absolute Gasteiger partial charge is 0.495 e. The van der Waals surface area contributed by atoms with Gasteiger partial charge in [0.05, 0.1) is 15.6 Å². The molecule has 6 nitrogen and oxygen atoms in total. The average molecular weight is 648 g/mol. The number of methoxy groups -OCH3 is 1. The Hall–Kier alpha value is -1.60. The molecule has 2 aromatic carbocycles. The Morgan fingerprint density at radius 3 is 2.50 bits per heavy atom. The summed E-state index contributed by atoms with van der Waals surface area (Å²) in [5, 5.41) is 2.34. The third-order valence-corrected chi connectivity index (χ3v) is 6.78. The van der Waals surface area contributed by atoms with Crippen molar-refractivity contribution >= 4 is 85.8 Å². The Labute approximate surface area is 206 Å². The number of rotatable bonds is 5. The van der Waals surface area contributed by atoms with E-state index in [4.69, 9.17) is 4.74 Å². The molecule has 1 aliphatic rings. The molecule has 156 valence electrons. The fourth-order valence-electron chi connectivity index (χ4n) is 3.01. The lowest BCUT2D eigenvalue weighted by Crippen LogP contribution is -2.36. The van der Waals surface area contributed by atoms with Crippen LogP contribution in [-0.2, 0) is 9.59 Å². The Bertz CT molecular complexity index is 1060. The van der Waals surface area contributed by atoms with Gasteiger partial charge in [0.1, 0.15) is 12.3 Å². The van der Waals surface area contributed by atoms with Gasteiger partial charge in [-0.05, 0) is 100 Å². The minimum absolute atomic E-state index is 0.260. The molecule has 0 atom stereocenters. The first kappa shape index (κ1) is 23.1. The summed E-state index contributed by atoms with van der Waals surface area (Å²) in [7, 11) is 1.56. The van der Waals surface area contributed by atoms with Gasteiger partial charge < -0.3 is 10.1 Å². The summed E-state index contributed by atoms with van der Waals surface area (Å²) in [5.74, 6) is -0.273. The van der Waals surface area contributed by atoms with Crippen LogP contribution in [0.3, 0.4) is 0 Å². The minimum atomic E-state index is -0.488. The van der Waals surface area contributed by atoms with Crippen LogP contribution in [0.25, 0.3) is 6.08 Å². The van der Waals surface area contributed by atoms with Crippen LogP contribution in [0.15, 0.2) is 35.2 Å². The van der Waals surface area contributed by atoms with Crippen molar-refractivity contribution in [3.05, 3.63) is 59.1 Å². The second kappa shape index (κ2) is 9.69. The molecule has 1 N–H and O–H groups in total. The summed E-state index contributed by atoms with van der Waals surface area (Å²) < 4.78 is 7.33. The normalized spacial score (nSPS) is 15.1. The number of para-hydroxylation sites is 1. The van der Waals surface area contributed by atoms with Gasteiger partial charge in [-0.2, -0.15) is 0 Å². The van der Waals surface area contributed by atoms with Crippen molar-refractivity contribution in [2.24, 2.45) is 0 Å². The van der Waals surface area contributed by atoms with Gasteiger partial charge in [0.25, 0.3) is 11.1 Å². The number of anilines is 1. The van der Waals surface area contributed by atoms with Gasteiger partial charge in [0.15, 0.2) is 0 Å². The van der Waals surface area contributed by atoms with Crippen molar-refractivity contribution in [3.8, 4) is 5.75 Å². The monoisotopic (exact) mass is 648 g/mol. The molecule has 3 rings (SSSR count). The second-order valence-corrected chi connectivity index (χ2v) is 9.99. The van der Waals surface area contributed by atoms with Gasteiger partial charge in [-0.1, -0.05) is 18.2 Å². The summed E-state index contributed by atoms with van der Waals surface area (Å²) in [6, 6.07) is 9.52. The summed E-state index contributed by atoms with van der Waals surface area (Å²) in [4.78, 5) is 38.9. The van der Waals surface area contributed by atoms with Gasteiger partial charge in [0, 0.05) is 14.8 Å². The van der Waals surface area contributed by atoms with E-state index in [0.29, 0.717) is 17.0 Å². The van der Waals surface area contributed by atoms with Gasteiger partial charge >= 0.3 is 0 Å². The lowest BCUT2D eigenvalue weighted by atomic mass is 10.1. The van der Waals surface area contributed by atoms with Crippen LogP contribution in [-0.4, -0.2) is 35.6 Å². The number of thioether (sulfide) groups is 1. The average Bonchev–Trinajstić information content (AvgIpc) is 2.92. The van der Waals surface area contributed by atoms with Crippen molar-refractivity contribution in [1.82, 2.24) is 4.90 Å². The molecular weight excluding hydrogens is 630 g/mol. The quantitative estimate of drug-likeness (QED) is 0.357. The Morgan fingerprint density at radius 2 is 1.87 bits per heavy atom. The van der Waals surface area contributed by atoms with Crippen LogP contribution < -0.4 is 10.1 Å². The zero-order valence-corrected chi connectivity index (χ0v) is 21.5. The van der Waals surface area contributed by atoms with Crippen molar-refractivity contribution in [1.29, 1.82) is 0 Å². The van der Waals surface area contributed by atoms with Gasteiger partial charge in [-0.15, -0.1) is 0 Å². The van der Waals surface area contributed by atoms with Gasteiger partial charge in [-0.3, -0.25) is 19.3 Å². The van der Waals surface area contributed by atoms with E-state index >= 15 is 0 Å². The number of halogens is 2. The number of hydrogen-bond acceptors (Lipinski definition) is 5. The summed E-state index contributed by atoms with van der Waals surface area (Å²) in [6.45, 7) is 3.44. The summed E-state index contributed by atoms with van der Waals surface area (Å²) >= 11 is 5.17. The molecule has 0 saturated carbocycles. The number of carbonyl (C=O) groups is 3. The zero-order valence-electron chi connectivity index (χ0n) is 16.4. The van der Waals surface area contributed by atoms with Crippen LogP contribution in [0.2, 0.25) is 0 Å². The van der Waals surface area contributed by atoms with E-state index < -0.39 is 17.1 Å². The summed E-state index contributed by atoms with van der Waals surface area (Å²) in [6.07, 6.45) is 1.64. The van der Waals surface area contributed by atoms with Crippen LogP contribution in [0.1, 0.15) is 16.7 Å². The topological polar surface area (TPSA) is 75.7 Å². The number of benzene rings is 2. The van der Waals surface area contributed by atoms with Crippen LogP contribution >= 0.6 is 56.9 Å². The molecule has 3 amide bonds. The number of imide groups is 1. The molecule has 1 aliphatic heterocycles. The zero-order chi connectivity index (χ0) is 22.0. The first-order chi connectivity index (χ1) is 14.2. The highest BCUT2D eigenvalue weighted by Gasteiger charge is 2.36. The molecule has 30 heavy (non-hydrogen) atoms. The molecule has 0 aliphatic carbocycles. The number of ether oxygens (including phenoxy) is 1. The fourth-order valence-corrected chi connectivity index (χ4v) is 5.95. The highest BCUT2D eigenvalue weighted by Crippen LogP contribution is 2.36. The molecule has 0 aromatic heterocycles. The molecule has 0 bridgehead atoms. The molecule has 0 spiro atoms. The number of aryl methyl sites for hydroxylation is 2. The molecule has 0 unspecified atom stereocenters. The Morgan fingerprint density at radius 1 is 1.20 bits per heavy atom. The maximum Gasteiger partial charge on any atom is 0.294 e. The Kier molecular flexibility index (Phi) is 7.45. The standard InChI is InChI=1S/C21H18I2N2O4S/c1-11-5-4-6-12(2)18(11)24-17(26)10-25-20(27)16(30-21(25)28)8-13-7-14(22)9-15(23)19(13)29-3/h4-9H,10H2,1-3H3,(H,24,26)/b16-8+. The van der Waals surface area contributed by atoms with E-state index in [1.807, 2.05) is 44.2 Å². The smallest absolute Gasteiger partial charge is 0.294 e. The summed E-state index contributed by atoms with van der Waals surface area (Å²) in [5.41, 5.74) is 3.23. The number of nitrogens with one attached hydrogen (secondary N) is 1. The van der Waals surface area contributed by atoms with Crippen LogP contribution in [0.5, 0.6) is 5.75 Å². The number of carbonyl (C=O) groups excluding carboxylic acids is 3. The lowest BCUT2D eigenvalue weighted by Gasteiger charge is -2.15. The van der Waals surface area contributed by atoms with E-state index in [0.717, 1.165) is 34.9 Å². The van der Waals surface area contributed by atoms with Gasteiger partial charge in [0.2, 0.25) is 5.91 Å². The van der Waals surface area contributed by atoms with Gasteiger partial charge in [-0.25, -0.2) is 0 Å². The fraction of sp³-hybridized carbons (Fsp3) is 0.190. The first-order valence-electron chi connectivity index (χ1n) is 8.85. The maximum absolute atomic E-state index is 12.8. The highest BCUT2D eigenvalue weighted by molar-refractivity contribution is 14.1. The number of nitrogens with zero attached hydrogens (tertiary/aromatic N) is 1.